The van der Waals surface area contributed by atoms with Crippen LogP contribution in [-0.4, -0.2) is 48.2 Å². The summed E-state index contributed by atoms with van der Waals surface area (Å²) in [4.78, 5) is 23.3. The smallest absolute Gasteiger partial charge is 0.328 e. The van der Waals surface area contributed by atoms with Crippen LogP contribution in [0.25, 0.3) is 0 Å². The topological polar surface area (TPSA) is 66.8 Å². The predicted octanol–water partition coefficient (Wildman–Crippen LogP) is 0.511. The van der Waals surface area contributed by atoms with Crippen LogP contribution in [0, 0.1) is 0 Å². The van der Waals surface area contributed by atoms with Gasteiger partial charge in [0.05, 0.1) is 12.6 Å². The number of carbonyl (C=O) groups is 2. The van der Waals surface area contributed by atoms with E-state index >= 15 is 0 Å². The van der Waals surface area contributed by atoms with Crippen molar-refractivity contribution in [2.24, 2.45) is 0 Å². The molecule has 0 saturated heterocycles. The van der Waals surface area contributed by atoms with Crippen molar-refractivity contribution < 1.29 is 19.4 Å². The molecule has 0 fully saturated rings. The summed E-state index contributed by atoms with van der Waals surface area (Å²) in [7, 11) is 1.56. The Bertz CT molecular complexity index is 250. The van der Waals surface area contributed by atoms with E-state index in [-0.39, 0.29) is 11.9 Å². The molecular weight excluding hydrogens is 198 g/mol. The van der Waals surface area contributed by atoms with Gasteiger partial charge in [-0.15, -0.1) is 0 Å². The van der Waals surface area contributed by atoms with Gasteiger partial charge in [0.2, 0.25) is 5.91 Å². The first-order valence-corrected chi connectivity index (χ1v) is 4.73. The van der Waals surface area contributed by atoms with Crippen LogP contribution in [0.2, 0.25) is 0 Å². The van der Waals surface area contributed by atoms with Crippen LogP contribution in [0.1, 0.15) is 13.8 Å². The first-order chi connectivity index (χ1) is 7.02. The van der Waals surface area contributed by atoms with E-state index in [1.54, 1.807) is 12.0 Å². The fourth-order valence-electron chi connectivity index (χ4n) is 1.25. The first kappa shape index (κ1) is 13.6. The summed E-state index contributed by atoms with van der Waals surface area (Å²) in [5.41, 5.74) is 0. The highest BCUT2D eigenvalue weighted by Gasteiger charge is 2.15. The standard InChI is InChI=1S/C10H17NO4/c1-4-11(8(2)7-15-3)9(12)5-6-10(13)14/h5-6,8H,4,7H2,1-3H3,(H,13,14)/b6-5+. The Morgan fingerprint density at radius 3 is 2.47 bits per heavy atom. The molecule has 1 unspecified atom stereocenters. The number of hydrogen-bond donors (Lipinski definition) is 1. The largest absolute Gasteiger partial charge is 0.478 e. The molecule has 0 aliphatic heterocycles. The van der Waals surface area contributed by atoms with Gasteiger partial charge in [-0.25, -0.2) is 4.79 Å². The van der Waals surface area contributed by atoms with Crippen LogP contribution < -0.4 is 0 Å². The van der Waals surface area contributed by atoms with E-state index in [1.165, 1.54) is 0 Å². The predicted molar refractivity (Wildman–Crippen MR) is 55.5 cm³/mol. The normalized spacial score (nSPS) is 12.7. The SMILES string of the molecule is CCN(C(=O)/C=C/C(=O)O)C(C)COC. The van der Waals surface area contributed by atoms with E-state index in [0.717, 1.165) is 12.2 Å². The number of hydrogen-bond acceptors (Lipinski definition) is 3. The van der Waals surface area contributed by atoms with Crippen molar-refractivity contribution in [1.29, 1.82) is 0 Å². The third-order valence-corrected chi connectivity index (χ3v) is 1.93. The molecule has 0 saturated carbocycles. The number of carboxylic acids is 1. The van der Waals surface area contributed by atoms with E-state index in [9.17, 15) is 9.59 Å². The summed E-state index contributed by atoms with van der Waals surface area (Å²) in [5, 5.41) is 8.38. The molecule has 0 aliphatic rings. The Kier molecular flexibility index (Phi) is 6.37. The molecule has 86 valence electrons. The average molecular weight is 215 g/mol. The third kappa shape index (κ3) is 5.17. The second-order valence-corrected chi connectivity index (χ2v) is 3.10. The summed E-state index contributed by atoms with van der Waals surface area (Å²) < 4.78 is 4.93. The zero-order chi connectivity index (χ0) is 11.8. The lowest BCUT2D eigenvalue weighted by molar-refractivity contribution is -0.133. The molecule has 0 bridgehead atoms. The average Bonchev–Trinajstić information content (AvgIpc) is 2.16. The second kappa shape index (κ2) is 7.00. The monoisotopic (exact) mass is 215 g/mol. The van der Waals surface area contributed by atoms with Gasteiger partial charge < -0.3 is 14.7 Å². The van der Waals surface area contributed by atoms with Gasteiger partial charge in [-0.05, 0) is 13.8 Å². The molecular formula is C10H17NO4. The number of likely N-dealkylation sites (N-methyl/N-ethyl adjacent to an activating group) is 1. The Morgan fingerprint density at radius 1 is 1.47 bits per heavy atom. The lowest BCUT2D eigenvalue weighted by Crippen LogP contribution is -2.40. The highest BCUT2D eigenvalue weighted by molar-refractivity contribution is 5.94. The summed E-state index contributed by atoms with van der Waals surface area (Å²) >= 11 is 0. The Hall–Kier alpha value is -1.36. The molecule has 1 N–H and O–H groups in total. The molecule has 0 aromatic carbocycles. The van der Waals surface area contributed by atoms with Crippen LogP contribution in [0.5, 0.6) is 0 Å². The van der Waals surface area contributed by atoms with Crippen molar-refractivity contribution in [1.82, 2.24) is 4.90 Å². The highest BCUT2D eigenvalue weighted by atomic mass is 16.5. The zero-order valence-corrected chi connectivity index (χ0v) is 9.27. The first-order valence-electron chi connectivity index (χ1n) is 4.73. The molecule has 1 amide bonds. The number of carboxylic acid groups (broad SMARTS) is 1. The number of nitrogens with zero attached hydrogens (tertiary/aromatic N) is 1. The van der Waals surface area contributed by atoms with Crippen molar-refractivity contribution in [2.75, 3.05) is 20.3 Å². The molecule has 0 aromatic heterocycles. The molecule has 5 nitrogen and oxygen atoms in total. The van der Waals surface area contributed by atoms with Crippen LogP contribution in [0.4, 0.5) is 0 Å². The maximum Gasteiger partial charge on any atom is 0.328 e. The van der Waals surface area contributed by atoms with Crippen LogP contribution in [0.3, 0.4) is 0 Å². The maximum atomic E-state index is 11.5. The molecule has 1 atom stereocenters. The molecule has 0 spiro atoms. The van der Waals surface area contributed by atoms with Crippen molar-refractivity contribution in [3.8, 4) is 0 Å². The van der Waals surface area contributed by atoms with Crippen molar-refractivity contribution in [2.45, 2.75) is 19.9 Å². The van der Waals surface area contributed by atoms with Gasteiger partial charge in [0, 0.05) is 25.8 Å². The van der Waals surface area contributed by atoms with E-state index in [2.05, 4.69) is 0 Å². The number of aliphatic carboxylic acids is 1. The summed E-state index contributed by atoms with van der Waals surface area (Å²) in [6.45, 7) is 4.63. The molecule has 0 heterocycles. The van der Waals surface area contributed by atoms with Gasteiger partial charge in [0.25, 0.3) is 0 Å². The lowest BCUT2D eigenvalue weighted by atomic mass is 10.3. The van der Waals surface area contributed by atoms with E-state index in [0.29, 0.717) is 13.2 Å². The fraction of sp³-hybridized carbons (Fsp3) is 0.600. The summed E-state index contributed by atoms with van der Waals surface area (Å²) in [6, 6.07) is -0.0639. The minimum Gasteiger partial charge on any atom is -0.478 e. The fourth-order valence-corrected chi connectivity index (χ4v) is 1.25. The van der Waals surface area contributed by atoms with Gasteiger partial charge in [0.1, 0.15) is 0 Å². The minimum absolute atomic E-state index is 0.0639. The van der Waals surface area contributed by atoms with E-state index < -0.39 is 5.97 Å². The summed E-state index contributed by atoms with van der Waals surface area (Å²) in [5.74, 6) is -1.44. The lowest BCUT2D eigenvalue weighted by Gasteiger charge is -2.26. The Balaban J connectivity index is 4.39. The maximum absolute atomic E-state index is 11.5. The van der Waals surface area contributed by atoms with Crippen LogP contribution >= 0.6 is 0 Å². The number of carbonyl (C=O) groups excluding carboxylic acids is 1. The number of amides is 1. The molecule has 0 rings (SSSR count). The van der Waals surface area contributed by atoms with Gasteiger partial charge in [0.15, 0.2) is 0 Å². The van der Waals surface area contributed by atoms with Crippen LogP contribution in [-0.2, 0) is 14.3 Å². The second-order valence-electron chi connectivity index (χ2n) is 3.10. The van der Waals surface area contributed by atoms with Crippen molar-refractivity contribution in [3.63, 3.8) is 0 Å². The van der Waals surface area contributed by atoms with Gasteiger partial charge >= 0.3 is 5.97 Å². The Labute approximate surface area is 89.3 Å². The van der Waals surface area contributed by atoms with Crippen molar-refractivity contribution >= 4 is 11.9 Å². The Morgan fingerprint density at radius 2 is 2.07 bits per heavy atom. The molecule has 0 aromatic rings. The third-order valence-electron chi connectivity index (χ3n) is 1.93. The molecule has 5 heteroatoms. The number of rotatable bonds is 6. The highest BCUT2D eigenvalue weighted by Crippen LogP contribution is 2.00. The number of methoxy groups -OCH3 is 1. The van der Waals surface area contributed by atoms with E-state index in [1.807, 2.05) is 13.8 Å². The summed E-state index contributed by atoms with van der Waals surface area (Å²) in [6.07, 6.45) is 1.89. The molecule has 0 radical (unpaired) electrons. The number of ether oxygens (including phenoxy) is 1. The zero-order valence-electron chi connectivity index (χ0n) is 9.27. The van der Waals surface area contributed by atoms with E-state index in [4.69, 9.17) is 9.84 Å². The van der Waals surface area contributed by atoms with Crippen LogP contribution in [0.15, 0.2) is 12.2 Å². The quantitative estimate of drug-likeness (QED) is 0.655. The molecule has 15 heavy (non-hydrogen) atoms. The van der Waals surface area contributed by atoms with Crippen molar-refractivity contribution in [3.05, 3.63) is 12.2 Å². The van der Waals surface area contributed by atoms with Gasteiger partial charge in [-0.3, -0.25) is 4.79 Å². The van der Waals surface area contributed by atoms with Gasteiger partial charge in [-0.1, -0.05) is 0 Å². The minimum atomic E-state index is -1.13. The van der Waals surface area contributed by atoms with Gasteiger partial charge in [-0.2, -0.15) is 0 Å². The molecule has 0 aliphatic carbocycles.